The molecule has 2 aromatic rings. The average Bonchev–Trinajstić information content (AvgIpc) is 2.64. The number of ether oxygens (including phenoxy) is 1. The fourth-order valence-corrected chi connectivity index (χ4v) is 3.02. The van der Waals surface area contributed by atoms with Crippen LogP contribution < -0.4 is 15.4 Å². The predicted molar refractivity (Wildman–Crippen MR) is 96.9 cm³/mol. The molecule has 0 aliphatic heterocycles. The maximum atomic E-state index is 12.4. The zero-order valence-electron chi connectivity index (χ0n) is 14.6. The number of hydrogen-bond acceptors (Lipinski definition) is 5. The molecule has 1 aromatic heterocycles. The first-order valence-corrected chi connectivity index (χ1v) is 8.71. The van der Waals surface area contributed by atoms with E-state index in [4.69, 9.17) is 4.74 Å². The minimum Gasteiger partial charge on any atom is -0.473 e. The monoisotopic (exact) mass is 354 g/mol. The second kappa shape index (κ2) is 8.42. The van der Waals surface area contributed by atoms with Gasteiger partial charge >= 0.3 is 0 Å². The van der Waals surface area contributed by atoms with Gasteiger partial charge in [-0.3, -0.25) is 14.6 Å². The topological polar surface area (TPSA) is 93.2 Å². The summed E-state index contributed by atoms with van der Waals surface area (Å²) in [5.74, 6) is 0.305. The van der Waals surface area contributed by atoms with Crippen molar-refractivity contribution in [3.8, 4) is 5.88 Å². The Morgan fingerprint density at radius 3 is 2.42 bits per heavy atom. The summed E-state index contributed by atoms with van der Waals surface area (Å²) in [6.07, 6.45) is 8.39. The third-order valence-electron chi connectivity index (χ3n) is 4.30. The maximum absolute atomic E-state index is 12.4. The normalized spacial score (nSPS) is 19.4. The Bertz CT molecular complexity index is 741. The van der Waals surface area contributed by atoms with Crippen molar-refractivity contribution in [1.29, 1.82) is 0 Å². The fourth-order valence-electron chi connectivity index (χ4n) is 3.02. The number of rotatable bonds is 5. The molecule has 2 N–H and O–H groups in total. The van der Waals surface area contributed by atoms with E-state index in [0.29, 0.717) is 17.1 Å². The molecule has 3 rings (SSSR count). The van der Waals surface area contributed by atoms with E-state index in [1.165, 1.54) is 6.92 Å². The van der Waals surface area contributed by atoms with Crippen LogP contribution in [-0.2, 0) is 4.79 Å². The van der Waals surface area contributed by atoms with Crippen molar-refractivity contribution >= 4 is 17.5 Å². The number of benzene rings is 1. The van der Waals surface area contributed by atoms with E-state index in [1.807, 2.05) is 0 Å². The van der Waals surface area contributed by atoms with Crippen LogP contribution in [0.3, 0.4) is 0 Å². The molecule has 0 spiro atoms. The van der Waals surface area contributed by atoms with Crippen LogP contribution in [0, 0.1) is 0 Å². The number of carbonyl (C=O) groups is 2. The molecule has 0 unspecified atom stereocenters. The van der Waals surface area contributed by atoms with Crippen LogP contribution in [0.5, 0.6) is 5.88 Å². The van der Waals surface area contributed by atoms with E-state index in [2.05, 4.69) is 20.6 Å². The quantitative estimate of drug-likeness (QED) is 0.861. The van der Waals surface area contributed by atoms with Crippen molar-refractivity contribution in [2.75, 3.05) is 5.32 Å². The van der Waals surface area contributed by atoms with Crippen LogP contribution in [0.2, 0.25) is 0 Å². The van der Waals surface area contributed by atoms with E-state index in [0.717, 1.165) is 25.7 Å². The summed E-state index contributed by atoms with van der Waals surface area (Å²) in [5, 5.41) is 5.75. The molecule has 7 nitrogen and oxygen atoms in total. The van der Waals surface area contributed by atoms with Crippen LogP contribution in [0.25, 0.3) is 0 Å². The number of nitrogens with one attached hydrogen (secondary N) is 2. The van der Waals surface area contributed by atoms with Crippen molar-refractivity contribution in [3.05, 3.63) is 48.4 Å². The molecule has 1 aromatic carbocycles. The molecule has 2 amide bonds. The number of aromatic nitrogens is 2. The summed E-state index contributed by atoms with van der Waals surface area (Å²) in [4.78, 5) is 31.5. The highest BCUT2D eigenvalue weighted by atomic mass is 16.5. The summed E-state index contributed by atoms with van der Waals surface area (Å²) in [6.45, 7) is 1.45. The lowest BCUT2D eigenvalue weighted by atomic mass is 9.92. The minimum atomic E-state index is -0.136. The molecule has 1 heterocycles. The Morgan fingerprint density at radius 1 is 1.08 bits per heavy atom. The number of nitrogens with zero attached hydrogens (tertiary/aromatic N) is 2. The average molecular weight is 354 g/mol. The SMILES string of the molecule is CC(=O)Nc1ccc(C(=O)NC2CCC(Oc3cnccn3)CC2)cc1. The summed E-state index contributed by atoms with van der Waals surface area (Å²) in [6, 6.07) is 7.01. The summed E-state index contributed by atoms with van der Waals surface area (Å²) < 4.78 is 5.82. The Balaban J connectivity index is 1.46. The van der Waals surface area contributed by atoms with Crippen molar-refractivity contribution in [2.24, 2.45) is 0 Å². The largest absolute Gasteiger partial charge is 0.473 e. The molecule has 1 saturated carbocycles. The first-order valence-electron chi connectivity index (χ1n) is 8.71. The Morgan fingerprint density at radius 2 is 1.81 bits per heavy atom. The molecular weight excluding hydrogens is 332 g/mol. The maximum Gasteiger partial charge on any atom is 0.251 e. The van der Waals surface area contributed by atoms with E-state index in [9.17, 15) is 9.59 Å². The lowest BCUT2D eigenvalue weighted by Crippen LogP contribution is -2.39. The molecule has 1 fully saturated rings. The first-order chi connectivity index (χ1) is 12.6. The third kappa shape index (κ3) is 5.02. The van der Waals surface area contributed by atoms with Crippen LogP contribution >= 0.6 is 0 Å². The van der Waals surface area contributed by atoms with Gasteiger partial charge in [-0.1, -0.05) is 0 Å². The van der Waals surface area contributed by atoms with Crippen molar-refractivity contribution < 1.29 is 14.3 Å². The minimum absolute atomic E-state index is 0.0994. The lowest BCUT2D eigenvalue weighted by Gasteiger charge is -2.29. The first kappa shape index (κ1) is 17.8. The Kier molecular flexibility index (Phi) is 5.78. The van der Waals surface area contributed by atoms with Crippen molar-refractivity contribution in [2.45, 2.75) is 44.8 Å². The summed E-state index contributed by atoms with van der Waals surface area (Å²) in [7, 11) is 0. The number of hydrogen-bond donors (Lipinski definition) is 2. The van der Waals surface area contributed by atoms with Gasteiger partial charge in [0.05, 0.1) is 6.20 Å². The molecule has 136 valence electrons. The molecule has 26 heavy (non-hydrogen) atoms. The van der Waals surface area contributed by atoms with Gasteiger partial charge in [0.25, 0.3) is 5.91 Å². The molecule has 7 heteroatoms. The van der Waals surface area contributed by atoms with Gasteiger partial charge in [-0.25, -0.2) is 4.98 Å². The number of amides is 2. The van der Waals surface area contributed by atoms with Gasteiger partial charge in [-0.15, -0.1) is 0 Å². The van der Waals surface area contributed by atoms with Gasteiger partial charge < -0.3 is 15.4 Å². The zero-order valence-corrected chi connectivity index (χ0v) is 14.6. The van der Waals surface area contributed by atoms with Crippen LogP contribution in [0.15, 0.2) is 42.9 Å². The molecule has 0 bridgehead atoms. The van der Waals surface area contributed by atoms with Gasteiger partial charge in [0.2, 0.25) is 11.8 Å². The van der Waals surface area contributed by atoms with E-state index in [-0.39, 0.29) is 24.0 Å². The molecule has 1 aliphatic carbocycles. The zero-order chi connectivity index (χ0) is 18.4. The molecular formula is C19H22N4O3. The van der Waals surface area contributed by atoms with Crippen molar-refractivity contribution in [3.63, 3.8) is 0 Å². The second-order valence-electron chi connectivity index (χ2n) is 6.37. The highest BCUT2D eigenvalue weighted by Gasteiger charge is 2.24. The fraction of sp³-hybridized carbons (Fsp3) is 0.368. The van der Waals surface area contributed by atoms with Crippen LogP contribution in [-0.4, -0.2) is 33.9 Å². The second-order valence-corrected chi connectivity index (χ2v) is 6.37. The lowest BCUT2D eigenvalue weighted by molar-refractivity contribution is -0.114. The van der Waals surface area contributed by atoms with Gasteiger partial charge in [0, 0.05) is 36.6 Å². The van der Waals surface area contributed by atoms with Crippen LogP contribution in [0.4, 0.5) is 5.69 Å². The van der Waals surface area contributed by atoms with Gasteiger partial charge in [0.1, 0.15) is 6.10 Å². The molecule has 0 radical (unpaired) electrons. The van der Waals surface area contributed by atoms with Crippen molar-refractivity contribution in [1.82, 2.24) is 15.3 Å². The smallest absolute Gasteiger partial charge is 0.251 e. The Hall–Kier alpha value is -2.96. The highest BCUT2D eigenvalue weighted by molar-refractivity contribution is 5.95. The van der Waals surface area contributed by atoms with Crippen LogP contribution in [0.1, 0.15) is 43.0 Å². The number of anilines is 1. The highest BCUT2D eigenvalue weighted by Crippen LogP contribution is 2.23. The van der Waals surface area contributed by atoms with Gasteiger partial charge in [0.15, 0.2) is 0 Å². The van der Waals surface area contributed by atoms with Gasteiger partial charge in [-0.05, 0) is 49.9 Å². The molecule has 1 aliphatic rings. The molecule has 0 atom stereocenters. The van der Waals surface area contributed by atoms with E-state index in [1.54, 1.807) is 42.9 Å². The van der Waals surface area contributed by atoms with E-state index >= 15 is 0 Å². The summed E-state index contributed by atoms with van der Waals surface area (Å²) in [5.41, 5.74) is 1.26. The van der Waals surface area contributed by atoms with E-state index < -0.39 is 0 Å². The van der Waals surface area contributed by atoms with Gasteiger partial charge in [-0.2, -0.15) is 0 Å². The predicted octanol–water partition coefficient (Wildman–Crippen LogP) is 2.56. The standard InChI is InChI=1S/C19H22N4O3/c1-13(24)22-15-4-2-14(3-5-15)19(25)23-16-6-8-17(9-7-16)26-18-12-20-10-11-21-18/h2-5,10-12,16-17H,6-9H2,1H3,(H,22,24)(H,23,25). The molecule has 0 saturated heterocycles. The summed E-state index contributed by atoms with van der Waals surface area (Å²) >= 11 is 0. The Labute approximate surface area is 152 Å². The number of carbonyl (C=O) groups excluding carboxylic acids is 2. The third-order valence-corrected chi connectivity index (χ3v) is 4.30.